The zero-order chi connectivity index (χ0) is 26.6. The summed E-state index contributed by atoms with van der Waals surface area (Å²) < 4.78 is 41.7. The van der Waals surface area contributed by atoms with E-state index in [2.05, 4.69) is 36.4 Å². The zero-order valence-electron chi connectivity index (χ0n) is 21.0. The standard InChI is InChI=1S/C30H31NO6S/c31-29(32)30(15-19-35-20-16-30)38(33,34)25-12-10-24(11-13-25)36-17-4-6-22-5-3-7-23(21-22)26-14-18-37-28-9-2-1-8-27(26)28/h1-3,5,7-14,18,21,26H,4,6,15-17,19-20H2,(H2,31,32). The van der Waals surface area contributed by atoms with Gasteiger partial charge in [-0.25, -0.2) is 8.42 Å². The molecule has 2 aliphatic heterocycles. The maximum Gasteiger partial charge on any atom is 0.239 e. The van der Waals surface area contributed by atoms with Crippen LogP contribution in [0, 0.1) is 0 Å². The van der Waals surface area contributed by atoms with Gasteiger partial charge in [0.05, 0.1) is 17.8 Å². The molecule has 198 valence electrons. The molecule has 8 heteroatoms. The fraction of sp³-hybridized carbons (Fsp3) is 0.300. The van der Waals surface area contributed by atoms with Crippen molar-refractivity contribution in [1.29, 1.82) is 0 Å². The molecule has 3 aromatic carbocycles. The van der Waals surface area contributed by atoms with Crippen molar-refractivity contribution in [1.82, 2.24) is 0 Å². The molecule has 38 heavy (non-hydrogen) atoms. The van der Waals surface area contributed by atoms with E-state index in [0.717, 1.165) is 24.2 Å². The molecule has 0 radical (unpaired) electrons. The molecule has 2 N–H and O–H groups in total. The van der Waals surface area contributed by atoms with E-state index >= 15 is 0 Å². The number of aryl methyl sites for hydroxylation is 1. The molecule has 0 saturated carbocycles. The Labute approximate surface area is 223 Å². The molecule has 2 heterocycles. The lowest BCUT2D eigenvalue weighted by Gasteiger charge is -2.33. The van der Waals surface area contributed by atoms with E-state index in [1.54, 1.807) is 18.4 Å². The molecule has 2 aliphatic rings. The summed E-state index contributed by atoms with van der Waals surface area (Å²) >= 11 is 0. The minimum absolute atomic E-state index is 0.0570. The number of ether oxygens (including phenoxy) is 3. The SMILES string of the molecule is NC(=O)C1(S(=O)(=O)c2ccc(OCCCc3cccc(C4C=COc5ccccc54)c3)cc2)CCOCC1. The van der Waals surface area contributed by atoms with Crippen LogP contribution in [-0.2, 0) is 25.8 Å². The number of amides is 1. The fourth-order valence-corrected chi connectivity index (χ4v) is 7.04. The molecule has 0 spiro atoms. The molecule has 0 aromatic heterocycles. The van der Waals surface area contributed by atoms with Gasteiger partial charge in [0, 0.05) is 24.7 Å². The van der Waals surface area contributed by atoms with Gasteiger partial charge in [-0.1, -0.05) is 42.5 Å². The Morgan fingerprint density at radius 2 is 1.76 bits per heavy atom. The number of carbonyl (C=O) groups excluding carboxylic acids is 1. The lowest BCUT2D eigenvalue weighted by atomic mass is 9.88. The van der Waals surface area contributed by atoms with Crippen LogP contribution in [0.15, 0.2) is 90.0 Å². The summed E-state index contributed by atoms with van der Waals surface area (Å²) in [6, 6.07) is 22.8. The number of hydrogen-bond acceptors (Lipinski definition) is 6. The largest absolute Gasteiger partial charge is 0.494 e. The molecular weight excluding hydrogens is 502 g/mol. The fourth-order valence-electron chi connectivity index (χ4n) is 5.13. The van der Waals surface area contributed by atoms with Crippen molar-refractivity contribution in [2.24, 2.45) is 5.73 Å². The van der Waals surface area contributed by atoms with Crippen LogP contribution in [-0.4, -0.2) is 38.9 Å². The summed E-state index contributed by atoms with van der Waals surface area (Å²) in [4.78, 5) is 12.2. The highest BCUT2D eigenvalue weighted by Crippen LogP contribution is 2.37. The Kier molecular flexibility index (Phi) is 7.53. The quantitative estimate of drug-likeness (QED) is 0.405. The first kappa shape index (κ1) is 26.0. The number of carbonyl (C=O) groups is 1. The minimum atomic E-state index is -3.96. The number of benzene rings is 3. The summed E-state index contributed by atoms with van der Waals surface area (Å²) in [6.07, 6.45) is 5.58. The highest BCUT2D eigenvalue weighted by molar-refractivity contribution is 7.93. The lowest BCUT2D eigenvalue weighted by Crippen LogP contribution is -2.53. The molecular formula is C30H31NO6S. The Morgan fingerprint density at radius 1 is 1.00 bits per heavy atom. The summed E-state index contributed by atoms with van der Waals surface area (Å²) in [7, 11) is -3.96. The molecule has 0 bridgehead atoms. The Bertz CT molecular complexity index is 1430. The zero-order valence-corrected chi connectivity index (χ0v) is 21.9. The lowest BCUT2D eigenvalue weighted by molar-refractivity contribution is -0.122. The molecule has 7 nitrogen and oxygen atoms in total. The number of hydrogen-bond donors (Lipinski definition) is 1. The molecule has 1 amide bonds. The normalized spacial score (nSPS) is 18.3. The predicted octanol–water partition coefficient (Wildman–Crippen LogP) is 4.54. The third-order valence-electron chi connectivity index (χ3n) is 7.31. The van der Waals surface area contributed by atoms with Crippen molar-refractivity contribution in [3.63, 3.8) is 0 Å². The molecule has 1 atom stereocenters. The Balaban J connectivity index is 1.18. The molecule has 1 unspecified atom stereocenters. The maximum absolute atomic E-state index is 13.3. The van der Waals surface area contributed by atoms with E-state index < -0.39 is 20.5 Å². The monoisotopic (exact) mass is 533 g/mol. The van der Waals surface area contributed by atoms with Crippen LogP contribution in [0.1, 0.15) is 41.9 Å². The molecule has 0 aliphatic carbocycles. The molecule has 1 saturated heterocycles. The third-order valence-corrected chi connectivity index (χ3v) is 9.84. The average molecular weight is 534 g/mol. The number of nitrogens with two attached hydrogens (primary N) is 1. The van der Waals surface area contributed by atoms with Gasteiger partial charge in [0.1, 0.15) is 11.5 Å². The van der Waals surface area contributed by atoms with Crippen LogP contribution in [0.25, 0.3) is 0 Å². The van der Waals surface area contributed by atoms with Crippen LogP contribution in [0.5, 0.6) is 11.5 Å². The van der Waals surface area contributed by atoms with Gasteiger partial charge in [-0.2, -0.15) is 0 Å². The van der Waals surface area contributed by atoms with Gasteiger partial charge in [-0.3, -0.25) is 4.79 Å². The van der Waals surface area contributed by atoms with Crippen LogP contribution in [0.4, 0.5) is 0 Å². The van der Waals surface area contributed by atoms with Crippen molar-refractivity contribution in [3.8, 4) is 11.5 Å². The maximum atomic E-state index is 13.3. The average Bonchev–Trinajstić information content (AvgIpc) is 2.95. The van der Waals surface area contributed by atoms with Crippen LogP contribution in [0.3, 0.4) is 0 Å². The van der Waals surface area contributed by atoms with E-state index in [1.165, 1.54) is 23.3 Å². The van der Waals surface area contributed by atoms with E-state index in [1.807, 2.05) is 18.2 Å². The second-order valence-corrected chi connectivity index (χ2v) is 11.9. The van der Waals surface area contributed by atoms with Crippen LogP contribution < -0.4 is 15.2 Å². The van der Waals surface area contributed by atoms with Crippen molar-refractivity contribution in [2.75, 3.05) is 19.8 Å². The minimum Gasteiger partial charge on any atom is -0.494 e. The van der Waals surface area contributed by atoms with Gasteiger partial charge in [0.15, 0.2) is 14.6 Å². The topological polar surface area (TPSA) is 105 Å². The van der Waals surface area contributed by atoms with Gasteiger partial charge < -0.3 is 19.9 Å². The van der Waals surface area contributed by atoms with Crippen molar-refractivity contribution in [3.05, 3.63) is 102 Å². The van der Waals surface area contributed by atoms with Gasteiger partial charge in [-0.05, 0) is 73.2 Å². The van der Waals surface area contributed by atoms with Crippen molar-refractivity contribution < 1.29 is 27.4 Å². The number of primary amides is 1. The third kappa shape index (κ3) is 5.06. The summed E-state index contributed by atoms with van der Waals surface area (Å²) in [5.74, 6) is 0.778. The second-order valence-electron chi connectivity index (χ2n) is 9.60. The van der Waals surface area contributed by atoms with E-state index in [0.29, 0.717) is 12.4 Å². The summed E-state index contributed by atoms with van der Waals surface area (Å²) in [6.45, 7) is 0.857. The number of para-hydroxylation sites is 1. The van der Waals surface area contributed by atoms with Gasteiger partial charge in [0.2, 0.25) is 5.91 Å². The number of allylic oxidation sites excluding steroid dienone is 1. The molecule has 3 aromatic rings. The van der Waals surface area contributed by atoms with Crippen LogP contribution in [0.2, 0.25) is 0 Å². The highest BCUT2D eigenvalue weighted by Gasteiger charge is 2.51. The Hall–Kier alpha value is -3.62. The number of fused-ring (bicyclic) bond motifs is 1. The van der Waals surface area contributed by atoms with E-state index in [-0.39, 0.29) is 36.9 Å². The van der Waals surface area contributed by atoms with Gasteiger partial charge >= 0.3 is 0 Å². The smallest absolute Gasteiger partial charge is 0.239 e. The number of sulfone groups is 1. The van der Waals surface area contributed by atoms with E-state index in [9.17, 15) is 13.2 Å². The molecule has 1 fully saturated rings. The first-order valence-electron chi connectivity index (χ1n) is 12.8. The van der Waals surface area contributed by atoms with Crippen molar-refractivity contribution >= 4 is 15.7 Å². The second kappa shape index (κ2) is 11.0. The predicted molar refractivity (Wildman–Crippen MR) is 144 cm³/mol. The summed E-state index contributed by atoms with van der Waals surface area (Å²) in [5, 5.41) is 0. The first-order valence-corrected chi connectivity index (χ1v) is 14.3. The highest BCUT2D eigenvalue weighted by atomic mass is 32.2. The van der Waals surface area contributed by atoms with E-state index in [4.69, 9.17) is 19.9 Å². The summed E-state index contributed by atoms with van der Waals surface area (Å²) in [5.41, 5.74) is 9.14. The van der Waals surface area contributed by atoms with Crippen LogP contribution >= 0.6 is 0 Å². The Morgan fingerprint density at radius 3 is 2.53 bits per heavy atom. The number of rotatable bonds is 9. The van der Waals surface area contributed by atoms with Gasteiger partial charge in [0.25, 0.3) is 0 Å². The van der Waals surface area contributed by atoms with Gasteiger partial charge in [-0.15, -0.1) is 0 Å². The first-order chi connectivity index (χ1) is 18.4. The van der Waals surface area contributed by atoms with Crippen molar-refractivity contribution in [2.45, 2.75) is 41.2 Å². The molecule has 5 rings (SSSR count).